The molecule has 110 valence electrons. The second-order valence-corrected chi connectivity index (χ2v) is 4.63. The normalized spacial score (nSPS) is 10.4. The SMILES string of the molecule is COCc1cccc(Oc2ccc([N+](=O)[O-])c(CCl)c2)c1. The van der Waals surface area contributed by atoms with Crippen molar-refractivity contribution in [2.24, 2.45) is 0 Å². The van der Waals surface area contributed by atoms with Crippen molar-refractivity contribution in [3.05, 3.63) is 63.7 Å². The van der Waals surface area contributed by atoms with Crippen molar-refractivity contribution in [3.63, 3.8) is 0 Å². The zero-order valence-electron chi connectivity index (χ0n) is 11.4. The lowest BCUT2D eigenvalue weighted by atomic mass is 10.2. The van der Waals surface area contributed by atoms with Crippen LogP contribution in [0.5, 0.6) is 11.5 Å². The van der Waals surface area contributed by atoms with Crippen molar-refractivity contribution in [1.82, 2.24) is 0 Å². The van der Waals surface area contributed by atoms with Crippen LogP contribution in [0.2, 0.25) is 0 Å². The summed E-state index contributed by atoms with van der Waals surface area (Å²) >= 11 is 5.74. The molecule has 5 nitrogen and oxygen atoms in total. The van der Waals surface area contributed by atoms with Crippen molar-refractivity contribution < 1.29 is 14.4 Å². The highest BCUT2D eigenvalue weighted by Crippen LogP contribution is 2.29. The van der Waals surface area contributed by atoms with E-state index in [1.165, 1.54) is 6.07 Å². The fourth-order valence-electron chi connectivity index (χ4n) is 1.91. The van der Waals surface area contributed by atoms with Crippen LogP contribution in [0.1, 0.15) is 11.1 Å². The molecule has 0 amide bonds. The molecule has 0 aliphatic carbocycles. The monoisotopic (exact) mass is 307 g/mol. The number of benzene rings is 2. The number of nitrogens with zero attached hydrogens (tertiary/aromatic N) is 1. The summed E-state index contributed by atoms with van der Waals surface area (Å²) in [5.74, 6) is 1.20. The zero-order chi connectivity index (χ0) is 15.2. The average molecular weight is 308 g/mol. The van der Waals surface area contributed by atoms with Gasteiger partial charge >= 0.3 is 0 Å². The van der Waals surface area contributed by atoms with Gasteiger partial charge in [0.1, 0.15) is 11.5 Å². The quantitative estimate of drug-likeness (QED) is 0.454. The molecule has 6 heteroatoms. The minimum Gasteiger partial charge on any atom is -0.457 e. The Bertz CT molecular complexity index is 645. The van der Waals surface area contributed by atoms with Gasteiger partial charge in [0.2, 0.25) is 0 Å². The van der Waals surface area contributed by atoms with Gasteiger partial charge in [-0.1, -0.05) is 12.1 Å². The van der Waals surface area contributed by atoms with Gasteiger partial charge < -0.3 is 9.47 Å². The topological polar surface area (TPSA) is 61.6 Å². The second kappa shape index (κ2) is 7.06. The first-order valence-corrected chi connectivity index (χ1v) is 6.76. The van der Waals surface area contributed by atoms with Crippen LogP contribution in [0, 0.1) is 10.1 Å². The third kappa shape index (κ3) is 3.93. The zero-order valence-corrected chi connectivity index (χ0v) is 12.2. The number of hydrogen-bond acceptors (Lipinski definition) is 4. The van der Waals surface area contributed by atoms with E-state index in [-0.39, 0.29) is 11.6 Å². The summed E-state index contributed by atoms with van der Waals surface area (Å²) in [5.41, 5.74) is 1.40. The Morgan fingerprint density at radius 1 is 1.19 bits per heavy atom. The van der Waals surface area contributed by atoms with Crippen molar-refractivity contribution in [2.45, 2.75) is 12.5 Å². The molecule has 2 aromatic carbocycles. The Hall–Kier alpha value is -2.11. The number of nitro benzene ring substituents is 1. The lowest BCUT2D eigenvalue weighted by Crippen LogP contribution is -1.95. The maximum Gasteiger partial charge on any atom is 0.274 e. The molecule has 2 aromatic rings. The van der Waals surface area contributed by atoms with E-state index >= 15 is 0 Å². The highest BCUT2D eigenvalue weighted by molar-refractivity contribution is 6.17. The third-order valence-electron chi connectivity index (χ3n) is 2.84. The van der Waals surface area contributed by atoms with Crippen LogP contribution in [0.25, 0.3) is 0 Å². The van der Waals surface area contributed by atoms with E-state index in [9.17, 15) is 10.1 Å². The molecule has 0 unspecified atom stereocenters. The molecular formula is C15H14ClNO4. The molecule has 0 N–H and O–H groups in total. The van der Waals surface area contributed by atoms with E-state index in [1.807, 2.05) is 18.2 Å². The summed E-state index contributed by atoms with van der Waals surface area (Å²) in [6.07, 6.45) is 0. The van der Waals surface area contributed by atoms with Crippen LogP contribution in [-0.4, -0.2) is 12.0 Å². The van der Waals surface area contributed by atoms with Gasteiger partial charge in [0.25, 0.3) is 5.69 Å². The molecule has 0 bridgehead atoms. The molecule has 21 heavy (non-hydrogen) atoms. The van der Waals surface area contributed by atoms with Crippen LogP contribution in [0.4, 0.5) is 5.69 Å². The first kappa shape index (κ1) is 15.3. The summed E-state index contributed by atoms with van der Waals surface area (Å²) in [7, 11) is 1.62. The summed E-state index contributed by atoms with van der Waals surface area (Å²) < 4.78 is 10.8. The predicted octanol–water partition coefficient (Wildman–Crippen LogP) is 4.27. The fourth-order valence-corrected chi connectivity index (χ4v) is 2.13. The Morgan fingerprint density at radius 3 is 2.62 bits per heavy atom. The summed E-state index contributed by atoms with van der Waals surface area (Å²) in [5, 5.41) is 10.9. The molecule has 0 fully saturated rings. The van der Waals surface area contributed by atoms with E-state index in [1.54, 1.807) is 25.3 Å². The molecule has 0 radical (unpaired) electrons. The van der Waals surface area contributed by atoms with Gasteiger partial charge in [-0.15, -0.1) is 11.6 Å². The lowest BCUT2D eigenvalue weighted by Gasteiger charge is -2.08. The highest BCUT2D eigenvalue weighted by atomic mass is 35.5. The fraction of sp³-hybridized carbons (Fsp3) is 0.200. The van der Waals surface area contributed by atoms with Crippen LogP contribution < -0.4 is 4.74 Å². The largest absolute Gasteiger partial charge is 0.457 e. The molecule has 0 spiro atoms. The number of nitro groups is 1. The third-order valence-corrected chi connectivity index (χ3v) is 3.12. The van der Waals surface area contributed by atoms with Crippen molar-refractivity contribution in [3.8, 4) is 11.5 Å². The summed E-state index contributed by atoms with van der Waals surface area (Å²) in [6.45, 7) is 0.490. The smallest absolute Gasteiger partial charge is 0.274 e. The number of ether oxygens (including phenoxy) is 2. The van der Waals surface area contributed by atoms with Crippen molar-refractivity contribution in [2.75, 3.05) is 7.11 Å². The van der Waals surface area contributed by atoms with Gasteiger partial charge in [0, 0.05) is 18.7 Å². The van der Waals surface area contributed by atoms with E-state index in [0.717, 1.165) is 5.56 Å². The second-order valence-electron chi connectivity index (χ2n) is 4.36. The van der Waals surface area contributed by atoms with Crippen molar-refractivity contribution >= 4 is 17.3 Å². The van der Waals surface area contributed by atoms with Gasteiger partial charge in [-0.05, 0) is 29.8 Å². The molecule has 0 aliphatic heterocycles. The van der Waals surface area contributed by atoms with Gasteiger partial charge in [0.15, 0.2) is 0 Å². The maximum atomic E-state index is 10.9. The first-order chi connectivity index (χ1) is 10.1. The number of alkyl halides is 1. The average Bonchev–Trinajstić information content (AvgIpc) is 2.47. The van der Waals surface area contributed by atoms with Gasteiger partial charge in [-0.2, -0.15) is 0 Å². The molecule has 0 aliphatic rings. The van der Waals surface area contributed by atoms with E-state index in [0.29, 0.717) is 23.7 Å². The Morgan fingerprint density at radius 2 is 1.95 bits per heavy atom. The van der Waals surface area contributed by atoms with E-state index in [2.05, 4.69) is 0 Å². The minimum atomic E-state index is -0.458. The number of halogens is 1. The van der Waals surface area contributed by atoms with Crippen LogP contribution >= 0.6 is 11.6 Å². The van der Waals surface area contributed by atoms with Crippen LogP contribution in [0.3, 0.4) is 0 Å². The molecule has 0 atom stereocenters. The Kier molecular flexibility index (Phi) is 5.14. The minimum absolute atomic E-state index is 0.00881. The van der Waals surface area contributed by atoms with E-state index < -0.39 is 4.92 Å². The molecular weight excluding hydrogens is 294 g/mol. The predicted molar refractivity (Wildman–Crippen MR) is 79.9 cm³/mol. The number of hydrogen-bond donors (Lipinski definition) is 0. The summed E-state index contributed by atoms with van der Waals surface area (Å²) in [4.78, 5) is 10.4. The van der Waals surface area contributed by atoms with Crippen LogP contribution in [-0.2, 0) is 17.2 Å². The summed E-state index contributed by atoms with van der Waals surface area (Å²) in [6, 6.07) is 12.0. The van der Waals surface area contributed by atoms with Crippen LogP contribution in [0.15, 0.2) is 42.5 Å². The Balaban J connectivity index is 2.23. The van der Waals surface area contributed by atoms with Crippen molar-refractivity contribution in [1.29, 1.82) is 0 Å². The standard InChI is InChI=1S/C15H14ClNO4/c1-20-10-11-3-2-4-13(7-11)21-14-5-6-15(17(18)19)12(8-14)9-16/h2-8H,9-10H2,1H3. The molecule has 2 rings (SSSR count). The molecule has 0 aromatic heterocycles. The maximum absolute atomic E-state index is 10.9. The van der Waals surface area contributed by atoms with Gasteiger partial charge in [-0.3, -0.25) is 10.1 Å². The highest BCUT2D eigenvalue weighted by Gasteiger charge is 2.14. The molecule has 0 heterocycles. The molecule has 0 saturated heterocycles. The number of rotatable bonds is 6. The van der Waals surface area contributed by atoms with E-state index in [4.69, 9.17) is 21.1 Å². The Labute approximate surface area is 127 Å². The van der Waals surface area contributed by atoms with Gasteiger partial charge in [0.05, 0.1) is 17.4 Å². The first-order valence-electron chi connectivity index (χ1n) is 6.23. The molecule has 0 saturated carbocycles. The van der Waals surface area contributed by atoms with Gasteiger partial charge in [-0.25, -0.2) is 0 Å². The lowest BCUT2D eigenvalue weighted by molar-refractivity contribution is -0.385. The number of methoxy groups -OCH3 is 1.